The van der Waals surface area contributed by atoms with Crippen LogP contribution in [0.25, 0.3) is 10.2 Å². The van der Waals surface area contributed by atoms with Gasteiger partial charge in [0.2, 0.25) is 0 Å². The van der Waals surface area contributed by atoms with Gasteiger partial charge in [-0.25, -0.2) is 19.2 Å². The summed E-state index contributed by atoms with van der Waals surface area (Å²) < 4.78 is 19.6. The first-order valence-electron chi connectivity index (χ1n) is 8.52. The van der Waals surface area contributed by atoms with Gasteiger partial charge in [0.25, 0.3) is 0 Å². The van der Waals surface area contributed by atoms with Crippen LogP contribution in [0, 0.1) is 5.82 Å². The maximum atomic E-state index is 13.0. The van der Waals surface area contributed by atoms with Crippen LogP contribution in [-0.4, -0.2) is 27.5 Å². The van der Waals surface area contributed by atoms with Gasteiger partial charge >= 0.3 is 6.03 Å². The fourth-order valence-corrected chi connectivity index (χ4v) is 3.42. The molecule has 142 valence electrons. The summed E-state index contributed by atoms with van der Waals surface area (Å²) in [6.07, 6.45) is 4.03. The molecule has 0 bridgehead atoms. The summed E-state index contributed by atoms with van der Waals surface area (Å²) in [7, 11) is 0. The molecule has 4 aromatic rings. The van der Waals surface area contributed by atoms with Crippen molar-refractivity contribution in [1.29, 1.82) is 0 Å². The van der Waals surface area contributed by atoms with Crippen molar-refractivity contribution in [2.45, 2.75) is 6.42 Å². The van der Waals surface area contributed by atoms with E-state index in [2.05, 4.69) is 25.6 Å². The molecule has 7 nitrogen and oxygen atoms in total. The highest BCUT2D eigenvalue weighted by molar-refractivity contribution is 7.22. The van der Waals surface area contributed by atoms with Gasteiger partial charge in [0, 0.05) is 25.2 Å². The first-order chi connectivity index (χ1) is 13.7. The van der Waals surface area contributed by atoms with E-state index in [1.54, 1.807) is 30.7 Å². The van der Waals surface area contributed by atoms with Crippen LogP contribution in [0.3, 0.4) is 0 Å². The highest BCUT2D eigenvalue weighted by atomic mass is 32.1. The maximum absolute atomic E-state index is 13.0. The monoisotopic (exact) mass is 397 g/mol. The second-order valence-electron chi connectivity index (χ2n) is 5.90. The lowest BCUT2D eigenvalue weighted by atomic mass is 10.3. The van der Waals surface area contributed by atoms with E-state index in [0.717, 1.165) is 15.9 Å². The number of hydrogen-bond acceptors (Lipinski definition) is 5. The molecule has 0 atom stereocenters. The molecule has 0 fully saturated rings. The van der Waals surface area contributed by atoms with E-state index in [0.29, 0.717) is 29.6 Å². The van der Waals surface area contributed by atoms with E-state index in [9.17, 15) is 9.18 Å². The lowest BCUT2D eigenvalue weighted by Crippen LogP contribution is -2.30. The van der Waals surface area contributed by atoms with E-state index in [1.807, 2.05) is 12.1 Å². The van der Waals surface area contributed by atoms with Gasteiger partial charge in [0.1, 0.15) is 17.3 Å². The summed E-state index contributed by atoms with van der Waals surface area (Å²) in [5.74, 6) is 0.835. The summed E-state index contributed by atoms with van der Waals surface area (Å²) >= 11 is 1.34. The van der Waals surface area contributed by atoms with Crippen molar-refractivity contribution in [2.24, 2.45) is 0 Å². The molecule has 0 saturated heterocycles. The number of rotatable bonds is 6. The molecule has 0 aliphatic heterocycles. The standard InChI is InChI=1S/C19H16FN5O2S/c20-12-1-3-14(4-2-12)27-15-5-6-16-17(9-15)28-19(24-16)25-18(26)22-8-7-13-10-21-11-23-13/h1-6,9-11H,7-8H2,(H,21,23)(H2,22,24,25,26). The minimum absolute atomic E-state index is 0.316. The fraction of sp³-hybridized carbons (Fsp3) is 0.105. The van der Waals surface area contributed by atoms with Crippen molar-refractivity contribution in [3.63, 3.8) is 0 Å². The van der Waals surface area contributed by atoms with Crippen LogP contribution in [0.2, 0.25) is 0 Å². The Bertz CT molecular complexity index is 1080. The molecule has 2 aromatic carbocycles. The Morgan fingerprint density at radius 3 is 2.79 bits per heavy atom. The average molecular weight is 397 g/mol. The minimum atomic E-state index is -0.322. The average Bonchev–Trinajstić information content (AvgIpc) is 3.32. The molecule has 2 heterocycles. The minimum Gasteiger partial charge on any atom is -0.457 e. The van der Waals surface area contributed by atoms with Crippen molar-refractivity contribution in [3.8, 4) is 11.5 Å². The lowest BCUT2D eigenvalue weighted by Gasteiger charge is -2.04. The summed E-state index contributed by atoms with van der Waals surface area (Å²) in [6, 6.07) is 10.9. The van der Waals surface area contributed by atoms with Crippen LogP contribution in [0.15, 0.2) is 55.0 Å². The topological polar surface area (TPSA) is 91.9 Å². The number of anilines is 1. The third-order valence-corrected chi connectivity index (χ3v) is 4.78. The molecular weight excluding hydrogens is 381 g/mol. The Morgan fingerprint density at radius 1 is 1.18 bits per heavy atom. The first kappa shape index (κ1) is 17.9. The number of urea groups is 1. The lowest BCUT2D eigenvalue weighted by molar-refractivity contribution is 0.252. The second kappa shape index (κ2) is 8.05. The number of benzene rings is 2. The number of thiazole rings is 1. The second-order valence-corrected chi connectivity index (χ2v) is 6.93. The molecule has 9 heteroatoms. The van der Waals surface area contributed by atoms with Crippen molar-refractivity contribution < 1.29 is 13.9 Å². The van der Waals surface area contributed by atoms with Gasteiger partial charge in [-0.1, -0.05) is 11.3 Å². The highest BCUT2D eigenvalue weighted by Crippen LogP contribution is 2.31. The zero-order valence-corrected chi connectivity index (χ0v) is 15.4. The van der Waals surface area contributed by atoms with E-state index in [-0.39, 0.29) is 11.8 Å². The van der Waals surface area contributed by atoms with E-state index in [1.165, 1.54) is 23.5 Å². The van der Waals surface area contributed by atoms with E-state index in [4.69, 9.17) is 4.74 Å². The molecule has 0 saturated carbocycles. The number of aromatic nitrogens is 3. The Hall–Kier alpha value is -3.46. The van der Waals surface area contributed by atoms with Crippen molar-refractivity contribution in [2.75, 3.05) is 11.9 Å². The zero-order chi connectivity index (χ0) is 19.3. The number of hydrogen-bond donors (Lipinski definition) is 3. The van der Waals surface area contributed by atoms with Gasteiger partial charge in [-0.15, -0.1) is 0 Å². The molecule has 2 amide bonds. The van der Waals surface area contributed by atoms with Crippen LogP contribution in [0.4, 0.5) is 14.3 Å². The summed E-state index contributed by atoms with van der Waals surface area (Å²) in [5.41, 5.74) is 1.64. The predicted octanol–water partition coefficient (Wildman–Crippen LogP) is 4.32. The number of fused-ring (bicyclic) bond motifs is 1. The van der Waals surface area contributed by atoms with Crippen molar-refractivity contribution >= 4 is 32.7 Å². The number of amides is 2. The normalized spacial score (nSPS) is 10.8. The molecule has 0 spiro atoms. The quantitative estimate of drug-likeness (QED) is 0.452. The van der Waals surface area contributed by atoms with Crippen LogP contribution < -0.4 is 15.4 Å². The third-order valence-electron chi connectivity index (χ3n) is 3.85. The van der Waals surface area contributed by atoms with Crippen LogP contribution >= 0.6 is 11.3 Å². The number of H-pyrrole nitrogens is 1. The number of carbonyl (C=O) groups is 1. The van der Waals surface area contributed by atoms with Crippen molar-refractivity contribution in [3.05, 3.63) is 66.5 Å². The summed E-state index contributed by atoms with van der Waals surface area (Å²) in [4.78, 5) is 23.4. The molecule has 2 aromatic heterocycles. The number of nitrogens with one attached hydrogen (secondary N) is 3. The predicted molar refractivity (Wildman–Crippen MR) is 105 cm³/mol. The first-order valence-corrected chi connectivity index (χ1v) is 9.34. The van der Waals surface area contributed by atoms with Gasteiger partial charge < -0.3 is 15.0 Å². The van der Waals surface area contributed by atoms with Crippen molar-refractivity contribution in [1.82, 2.24) is 20.3 Å². The number of aromatic amines is 1. The molecular formula is C19H16FN5O2S. The van der Waals surface area contributed by atoms with E-state index >= 15 is 0 Å². The largest absolute Gasteiger partial charge is 0.457 e. The van der Waals surface area contributed by atoms with Crippen LogP contribution in [0.5, 0.6) is 11.5 Å². The smallest absolute Gasteiger partial charge is 0.321 e. The van der Waals surface area contributed by atoms with Gasteiger partial charge in [-0.3, -0.25) is 5.32 Å². The number of halogens is 1. The van der Waals surface area contributed by atoms with Gasteiger partial charge in [0.05, 0.1) is 22.2 Å². The molecule has 0 aliphatic rings. The number of imidazole rings is 1. The molecule has 0 unspecified atom stereocenters. The maximum Gasteiger partial charge on any atom is 0.321 e. The Balaban J connectivity index is 1.37. The number of ether oxygens (including phenoxy) is 1. The third kappa shape index (κ3) is 4.44. The Morgan fingerprint density at radius 2 is 2.00 bits per heavy atom. The van der Waals surface area contributed by atoms with Crippen LogP contribution in [-0.2, 0) is 6.42 Å². The molecule has 0 aliphatic carbocycles. The van der Waals surface area contributed by atoms with Gasteiger partial charge in [-0.05, 0) is 36.4 Å². The zero-order valence-electron chi connectivity index (χ0n) is 14.6. The Kier molecular flexibility index (Phi) is 5.16. The molecule has 28 heavy (non-hydrogen) atoms. The number of nitrogens with zero attached hydrogens (tertiary/aromatic N) is 2. The van der Waals surface area contributed by atoms with Gasteiger partial charge in [-0.2, -0.15) is 0 Å². The fourth-order valence-electron chi connectivity index (χ4n) is 2.53. The van der Waals surface area contributed by atoms with Crippen LogP contribution in [0.1, 0.15) is 5.69 Å². The number of carbonyl (C=O) groups excluding carboxylic acids is 1. The highest BCUT2D eigenvalue weighted by Gasteiger charge is 2.09. The molecule has 3 N–H and O–H groups in total. The molecule has 4 rings (SSSR count). The summed E-state index contributed by atoms with van der Waals surface area (Å²) in [5, 5.41) is 6.00. The SMILES string of the molecule is O=C(NCCc1c[nH]cn1)Nc1nc2ccc(Oc3ccc(F)cc3)cc2s1. The molecule has 0 radical (unpaired) electrons. The van der Waals surface area contributed by atoms with E-state index < -0.39 is 0 Å². The Labute approximate surface area is 163 Å². The van der Waals surface area contributed by atoms with Gasteiger partial charge in [0.15, 0.2) is 5.13 Å². The summed E-state index contributed by atoms with van der Waals surface area (Å²) in [6.45, 7) is 0.469.